The van der Waals surface area contributed by atoms with Gasteiger partial charge in [-0.15, -0.1) is 11.3 Å². The maximum atomic E-state index is 12.3. The first-order valence-corrected chi connectivity index (χ1v) is 10.5. The molecule has 28 heavy (non-hydrogen) atoms. The van der Waals surface area contributed by atoms with E-state index in [9.17, 15) is 4.79 Å². The average molecular weight is 478 g/mol. The topological polar surface area (TPSA) is 35.5 Å². The highest BCUT2D eigenvalue weighted by atomic mass is 79.9. The summed E-state index contributed by atoms with van der Waals surface area (Å²) in [5.41, 5.74) is 1.76. The number of carbonyl (C=O) groups excluding carboxylic acids is 1. The molecule has 6 heteroatoms. The van der Waals surface area contributed by atoms with Crippen molar-refractivity contribution in [3.63, 3.8) is 0 Å². The fourth-order valence-electron chi connectivity index (χ4n) is 2.58. The SMILES string of the molecule is COc1ccc(/C=C/C(=O)c2ccc(C)s2)cc1COc1ccc(Br)cc1Cl. The van der Waals surface area contributed by atoms with Gasteiger partial charge in [0, 0.05) is 14.9 Å². The normalized spacial score (nSPS) is 11.0. The molecule has 1 aromatic heterocycles. The minimum atomic E-state index is -0.00615. The van der Waals surface area contributed by atoms with Crippen molar-refractivity contribution in [2.75, 3.05) is 7.11 Å². The molecule has 0 unspecified atom stereocenters. The van der Waals surface area contributed by atoms with Crippen molar-refractivity contribution in [3.8, 4) is 11.5 Å². The molecule has 0 radical (unpaired) electrons. The maximum absolute atomic E-state index is 12.3. The smallest absolute Gasteiger partial charge is 0.195 e. The van der Waals surface area contributed by atoms with Gasteiger partial charge in [0.2, 0.25) is 0 Å². The molecule has 1 heterocycles. The zero-order chi connectivity index (χ0) is 20.1. The van der Waals surface area contributed by atoms with Gasteiger partial charge in [-0.2, -0.15) is 0 Å². The van der Waals surface area contributed by atoms with Crippen LogP contribution in [-0.2, 0) is 6.61 Å². The number of rotatable bonds is 7. The predicted octanol–water partition coefficient (Wildman–Crippen LogP) is 6.96. The zero-order valence-electron chi connectivity index (χ0n) is 15.4. The molecule has 144 valence electrons. The summed E-state index contributed by atoms with van der Waals surface area (Å²) in [5.74, 6) is 1.30. The van der Waals surface area contributed by atoms with Gasteiger partial charge in [-0.25, -0.2) is 0 Å². The minimum Gasteiger partial charge on any atom is -0.496 e. The third-order valence-electron chi connectivity index (χ3n) is 3.99. The van der Waals surface area contributed by atoms with Crippen LogP contribution < -0.4 is 9.47 Å². The van der Waals surface area contributed by atoms with E-state index in [4.69, 9.17) is 21.1 Å². The maximum Gasteiger partial charge on any atom is 0.195 e. The van der Waals surface area contributed by atoms with Gasteiger partial charge in [-0.05, 0) is 61.0 Å². The number of hydrogen-bond acceptors (Lipinski definition) is 4. The van der Waals surface area contributed by atoms with Crippen LogP contribution in [0.15, 0.2) is 59.1 Å². The quantitative estimate of drug-likeness (QED) is 0.273. The molecule has 0 spiro atoms. The van der Waals surface area contributed by atoms with Crippen LogP contribution in [0.1, 0.15) is 25.7 Å². The summed E-state index contributed by atoms with van der Waals surface area (Å²) < 4.78 is 12.2. The molecule has 2 aromatic carbocycles. The van der Waals surface area contributed by atoms with Crippen molar-refractivity contribution < 1.29 is 14.3 Å². The first-order valence-electron chi connectivity index (χ1n) is 8.50. The monoisotopic (exact) mass is 476 g/mol. The second-order valence-electron chi connectivity index (χ2n) is 6.04. The van der Waals surface area contributed by atoms with E-state index in [2.05, 4.69) is 15.9 Å². The molecule has 3 nitrogen and oxygen atoms in total. The Bertz CT molecular complexity index is 1030. The number of ketones is 1. The molecule has 0 atom stereocenters. The molecule has 0 fully saturated rings. The number of methoxy groups -OCH3 is 1. The van der Waals surface area contributed by atoms with Crippen LogP contribution in [-0.4, -0.2) is 12.9 Å². The lowest BCUT2D eigenvalue weighted by Gasteiger charge is -2.12. The number of aryl methyl sites for hydroxylation is 1. The van der Waals surface area contributed by atoms with Crippen molar-refractivity contribution in [1.82, 2.24) is 0 Å². The van der Waals surface area contributed by atoms with Crippen molar-refractivity contribution >= 4 is 50.7 Å². The van der Waals surface area contributed by atoms with Gasteiger partial charge in [0.1, 0.15) is 18.1 Å². The van der Waals surface area contributed by atoms with Gasteiger partial charge in [0.15, 0.2) is 5.78 Å². The summed E-state index contributed by atoms with van der Waals surface area (Å²) in [6, 6.07) is 15.0. The Morgan fingerprint density at radius 3 is 2.61 bits per heavy atom. The van der Waals surface area contributed by atoms with Crippen LogP contribution in [0.3, 0.4) is 0 Å². The molecular weight excluding hydrogens is 460 g/mol. The van der Waals surface area contributed by atoms with Crippen LogP contribution in [0, 0.1) is 6.92 Å². The second-order valence-corrected chi connectivity index (χ2v) is 8.65. The average Bonchev–Trinajstić information content (AvgIpc) is 3.12. The lowest BCUT2D eigenvalue weighted by molar-refractivity contribution is 0.105. The Morgan fingerprint density at radius 2 is 1.93 bits per heavy atom. The van der Waals surface area contributed by atoms with E-state index < -0.39 is 0 Å². The largest absolute Gasteiger partial charge is 0.496 e. The number of benzene rings is 2. The number of hydrogen-bond donors (Lipinski definition) is 0. The Morgan fingerprint density at radius 1 is 1.14 bits per heavy atom. The summed E-state index contributed by atoms with van der Waals surface area (Å²) in [5, 5.41) is 0.529. The van der Waals surface area contributed by atoms with E-state index in [1.54, 1.807) is 25.3 Å². The minimum absolute atomic E-state index is 0.00615. The molecule has 0 N–H and O–H groups in total. The molecule has 0 aliphatic heterocycles. The van der Waals surface area contributed by atoms with Crippen LogP contribution in [0.5, 0.6) is 11.5 Å². The molecule has 0 saturated heterocycles. The van der Waals surface area contributed by atoms with Gasteiger partial charge in [0.05, 0.1) is 17.0 Å². The van der Waals surface area contributed by atoms with Gasteiger partial charge < -0.3 is 9.47 Å². The van der Waals surface area contributed by atoms with Crippen molar-refractivity contribution in [3.05, 3.63) is 85.0 Å². The molecular formula is C22H18BrClO3S. The third kappa shape index (κ3) is 5.25. The van der Waals surface area contributed by atoms with Crippen LogP contribution >= 0.6 is 38.9 Å². The Kier molecular flexibility index (Phi) is 6.94. The van der Waals surface area contributed by atoms with Crippen LogP contribution in [0.4, 0.5) is 0 Å². The first kappa shape index (κ1) is 20.6. The van der Waals surface area contributed by atoms with Gasteiger partial charge in [-0.3, -0.25) is 4.79 Å². The van der Waals surface area contributed by atoms with Gasteiger partial charge in [0.25, 0.3) is 0 Å². The summed E-state index contributed by atoms with van der Waals surface area (Å²) in [6.07, 6.45) is 3.39. The second kappa shape index (κ2) is 9.41. The summed E-state index contributed by atoms with van der Waals surface area (Å²) in [7, 11) is 1.61. The molecule has 3 rings (SSSR count). The Hall–Kier alpha value is -2.08. The van der Waals surface area contributed by atoms with E-state index in [1.165, 1.54) is 11.3 Å². The lowest BCUT2D eigenvalue weighted by Crippen LogP contribution is -2.00. The molecule has 3 aromatic rings. The third-order valence-corrected chi connectivity index (χ3v) is 5.80. The number of ether oxygens (including phenoxy) is 2. The Balaban J connectivity index is 1.75. The predicted molar refractivity (Wildman–Crippen MR) is 119 cm³/mol. The summed E-state index contributed by atoms with van der Waals surface area (Å²) in [4.78, 5) is 14.1. The van der Waals surface area contributed by atoms with Crippen molar-refractivity contribution in [2.24, 2.45) is 0 Å². The van der Waals surface area contributed by atoms with Crippen molar-refractivity contribution in [1.29, 1.82) is 0 Å². The molecule has 0 saturated carbocycles. The highest BCUT2D eigenvalue weighted by Crippen LogP contribution is 2.30. The van der Waals surface area contributed by atoms with Crippen molar-refractivity contribution in [2.45, 2.75) is 13.5 Å². The molecule has 0 aliphatic rings. The number of allylic oxidation sites excluding steroid dienone is 1. The lowest BCUT2D eigenvalue weighted by atomic mass is 10.1. The zero-order valence-corrected chi connectivity index (χ0v) is 18.5. The Labute approximate surface area is 181 Å². The highest BCUT2D eigenvalue weighted by molar-refractivity contribution is 9.10. The van der Waals surface area contributed by atoms with E-state index in [-0.39, 0.29) is 5.78 Å². The van der Waals surface area contributed by atoms with E-state index in [1.807, 2.05) is 49.4 Å². The van der Waals surface area contributed by atoms with Gasteiger partial charge >= 0.3 is 0 Å². The number of thiophene rings is 1. The highest BCUT2D eigenvalue weighted by Gasteiger charge is 2.08. The number of carbonyl (C=O) groups is 1. The standard InChI is InChI=1S/C22H18BrClO3S/c1-14-3-10-22(28-14)19(25)7-4-15-5-8-20(26-2)16(11-15)13-27-21-9-6-17(23)12-18(21)24/h3-12H,13H2,1-2H3/b7-4+. The van der Waals surface area contributed by atoms with E-state index in [0.29, 0.717) is 23.1 Å². The summed E-state index contributed by atoms with van der Waals surface area (Å²) >= 11 is 11.1. The first-order chi connectivity index (χ1) is 13.5. The summed E-state index contributed by atoms with van der Waals surface area (Å²) in [6.45, 7) is 2.28. The fraction of sp³-hybridized carbons (Fsp3) is 0.136. The number of halogens is 2. The molecule has 0 aliphatic carbocycles. The van der Waals surface area contributed by atoms with E-state index in [0.717, 1.165) is 25.4 Å². The van der Waals surface area contributed by atoms with Crippen LogP contribution in [0.25, 0.3) is 6.08 Å². The molecule has 0 bridgehead atoms. The van der Waals surface area contributed by atoms with E-state index >= 15 is 0 Å². The van der Waals surface area contributed by atoms with Gasteiger partial charge in [-0.1, -0.05) is 39.7 Å². The van der Waals surface area contributed by atoms with Crippen LogP contribution in [0.2, 0.25) is 5.02 Å². The molecule has 0 amide bonds. The fourth-order valence-corrected chi connectivity index (χ4v) is 4.10.